The van der Waals surface area contributed by atoms with Crippen molar-refractivity contribution in [3.63, 3.8) is 0 Å². The van der Waals surface area contributed by atoms with Crippen molar-refractivity contribution in [3.8, 4) is 0 Å². The summed E-state index contributed by atoms with van der Waals surface area (Å²) in [4.78, 5) is 15.1. The van der Waals surface area contributed by atoms with Crippen LogP contribution in [-0.4, -0.2) is 39.7 Å². The number of aromatic nitrogens is 2. The highest BCUT2D eigenvalue weighted by atomic mass is 35.5. The zero-order valence-corrected chi connectivity index (χ0v) is 16.4. The SMILES string of the molecule is O=C(CN1CCCC2CCCCC21)Nc1ccnn1Cc1ccccc1Cl. The minimum Gasteiger partial charge on any atom is -0.310 e. The van der Waals surface area contributed by atoms with Gasteiger partial charge in [-0.05, 0) is 49.8 Å². The Hall–Kier alpha value is -1.85. The van der Waals surface area contributed by atoms with Gasteiger partial charge in [-0.1, -0.05) is 42.6 Å². The van der Waals surface area contributed by atoms with Crippen LogP contribution in [0.5, 0.6) is 0 Å². The van der Waals surface area contributed by atoms with E-state index in [-0.39, 0.29) is 5.91 Å². The summed E-state index contributed by atoms with van der Waals surface area (Å²) in [5, 5.41) is 8.11. The molecule has 1 saturated heterocycles. The van der Waals surface area contributed by atoms with E-state index in [0.29, 0.717) is 24.2 Å². The first-order valence-electron chi connectivity index (χ1n) is 10.00. The summed E-state index contributed by atoms with van der Waals surface area (Å²) in [5.74, 6) is 1.55. The summed E-state index contributed by atoms with van der Waals surface area (Å²) in [7, 11) is 0. The molecule has 2 aromatic rings. The number of nitrogens with zero attached hydrogens (tertiary/aromatic N) is 3. The molecule has 0 radical (unpaired) electrons. The Bertz CT molecular complexity index is 788. The summed E-state index contributed by atoms with van der Waals surface area (Å²) in [6.45, 7) is 2.04. The zero-order chi connectivity index (χ0) is 18.6. The molecule has 0 spiro atoms. The van der Waals surface area contributed by atoms with Crippen LogP contribution in [0.2, 0.25) is 5.02 Å². The fraction of sp³-hybridized carbons (Fsp3) is 0.524. The standard InChI is InChI=1S/C21H27ClN4O/c22-18-9-3-1-7-17(18)14-26-20(11-12-23-26)24-21(27)15-25-13-5-8-16-6-2-4-10-19(16)25/h1,3,7,9,11-12,16,19H,2,4-6,8,10,13-15H2,(H,24,27). The number of benzene rings is 1. The molecule has 1 saturated carbocycles. The lowest BCUT2D eigenvalue weighted by Gasteiger charge is -2.43. The molecule has 2 aliphatic rings. The second kappa shape index (κ2) is 8.44. The third kappa shape index (κ3) is 4.36. The first-order valence-corrected chi connectivity index (χ1v) is 10.4. The van der Waals surface area contributed by atoms with Crippen LogP contribution < -0.4 is 5.32 Å². The van der Waals surface area contributed by atoms with Gasteiger partial charge in [0, 0.05) is 17.1 Å². The van der Waals surface area contributed by atoms with Crippen LogP contribution in [0.3, 0.4) is 0 Å². The largest absolute Gasteiger partial charge is 0.310 e. The third-order valence-electron chi connectivity index (χ3n) is 5.97. The number of halogens is 1. The Balaban J connectivity index is 1.39. The van der Waals surface area contributed by atoms with E-state index in [0.717, 1.165) is 23.8 Å². The van der Waals surface area contributed by atoms with Gasteiger partial charge in [0.15, 0.2) is 0 Å². The third-order valence-corrected chi connectivity index (χ3v) is 6.34. The smallest absolute Gasteiger partial charge is 0.239 e. The molecule has 1 aromatic carbocycles. The lowest BCUT2D eigenvalue weighted by atomic mass is 9.78. The van der Waals surface area contributed by atoms with E-state index in [9.17, 15) is 4.79 Å². The molecule has 2 fully saturated rings. The number of carbonyl (C=O) groups excluding carboxylic acids is 1. The highest BCUT2D eigenvalue weighted by Gasteiger charge is 2.33. The maximum Gasteiger partial charge on any atom is 0.239 e. The number of likely N-dealkylation sites (tertiary alicyclic amines) is 1. The fourth-order valence-corrected chi connectivity index (χ4v) is 4.84. The molecule has 1 aliphatic carbocycles. The Morgan fingerprint density at radius 1 is 1.15 bits per heavy atom. The van der Waals surface area contributed by atoms with Crippen LogP contribution in [0.25, 0.3) is 0 Å². The van der Waals surface area contributed by atoms with Crippen molar-refractivity contribution in [3.05, 3.63) is 47.1 Å². The number of fused-ring (bicyclic) bond motifs is 1. The van der Waals surface area contributed by atoms with E-state index in [4.69, 9.17) is 11.6 Å². The van der Waals surface area contributed by atoms with Crippen LogP contribution >= 0.6 is 11.6 Å². The van der Waals surface area contributed by atoms with Crippen molar-refractivity contribution in [2.45, 2.75) is 51.1 Å². The van der Waals surface area contributed by atoms with Crippen molar-refractivity contribution < 1.29 is 4.79 Å². The molecule has 1 aromatic heterocycles. The van der Waals surface area contributed by atoms with Crippen LogP contribution in [0.15, 0.2) is 36.5 Å². The number of hydrogen-bond acceptors (Lipinski definition) is 3. The maximum atomic E-state index is 12.7. The minimum atomic E-state index is 0.0436. The minimum absolute atomic E-state index is 0.0436. The number of rotatable bonds is 5. The van der Waals surface area contributed by atoms with Crippen molar-refractivity contribution in [2.24, 2.45) is 5.92 Å². The molecule has 1 amide bonds. The fourth-order valence-electron chi connectivity index (χ4n) is 4.64. The monoisotopic (exact) mass is 386 g/mol. The highest BCUT2D eigenvalue weighted by Crippen LogP contribution is 2.35. The lowest BCUT2D eigenvalue weighted by Crippen LogP contribution is -2.49. The predicted molar refractivity (Wildman–Crippen MR) is 108 cm³/mol. The summed E-state index contributed by atoms with van der Waals surface area (Å²) < 4.78 is 1.79. The summed E-state index contributed by atoms with van der Waals surface area (Å²) >= 11 is 6.26. The normalized spacial score (nSPS) is 23.0. The molecule has 1 N–H and O–H groups in total. The number of anilines is 1. The molecule has 2 atom stereocenters. The molecule has 0 bridgehead atoms. The van der Waals surface area contributed by atoms with E-state index >= 15 is 0 Å². The Morgan fingerprint density at radius 3 is 2.85 bits per heavy atom. The molecule has 4 rings (SSSR count). The summed E-state index contributed by atoms with van der Waals surface area (Å²) in [5.41, 5.74) is 0.986. The van der Waals surface area contributed by atoms with E-state index in [1.165, 1.54) is 38.5 Å². The van der Waals surface area contributed by atoms with Gasteiger partial charge in [-0.15, -0.1) is 0 Å². The van der Waals surface area contributed by atoms with Crippen LogP contribution in [0.4, 0.5) is 5.82 Å². The molecule has 2 heterocycles. The zero-order valence-electron chi connectivity index (χ0n) is 15.6. The molecule has 5 nitrogen and oxygen atoms in total. The first-order chi connectivity index (χ1) is 13.2. The number of piperidine rings is 1. The van der Waals surface area contributed by atoms with Gasteiger partial charge in [-0.2, -0.15) is 5.10 Å². The summed E-state index contributed by atoms with van der Waals surface area (Å²) in [6.07, 6.45) is 9.46. The quantitative estimate of drug-likeness (QED) is 0.838. The highest BCUT2D eigenvalue weighted by molar-refractivity contribution is 6.31. The molecular formula is C21H27ClN4O. The van der Waals surface area contributed by atoms with Gasteiger partial charge in [-0.25, -0.2) is 4.68 Å². The van der Waals surface area contributed by atoms with Crippen LogP contribution in [-0.2, 0) is 11.3 Å². The van der Waals surface area contributed by atoms with E-state index in [1.54, 1.807) is 10.9 Å². The molecule has 6 heteroatoms. The van der Waals surface area contributed by atoms with Gasteiger partial charge in [0.1, 0.15) is 5.82 Å². The van der Waals surface area contributed by atoms with Gasteiger partial charge in [0.25, 0.3) is 0 Å². The van der Waals surface area contributed by atoms with Gasteiger partial charge >= 0.3 is 0 Å². The second-order valence-corrected chi connectivity index (χ2v) is 8.15. The number of hydrogen-bond donors (Lipinski definition) is 1. The van der Waals surface area contributed by atoms with Gasteiger partial charge < -0.3 is 5.32 Å². The maximum absolute atomic E-state index is 12.7. The molecule has 2 unspecified atom stereocenters. The Kier molecular flexibility index (Phi) is 5.79. The van der Waals surface area contributed by atoms with Crippen LogP contribution in [0, 0.1) is 5.92 Å². The Morgan fingerprint density at radius 2 is 1.96 bits per heavy atom. The Labute approximate surface area is 165 Å². The van der Waals surface area contributed by atoms with Gasteiger partial charge in [0.05, 0.1) is 19.3 Å². The van der Waals surface area contributed by atoms with E-state index < -0.39 is 0 Å². The van der Waals surface area contributed by atoms with Crippen molar-refractivity contribution in [1.29, 1.82) is 0 Å². The van der Waals surface area contributed by atoms with Crippen LogP contribution in [0.1, 0.15) is 44.1 Å². The van der Waals surface area contributed by atoms with Gasteiger partial charge in [-0.3, -0.25) is 9.69 Å². The predicted octanol–water partition coefficient (Wildman–Crippen LogP) is 4.18. The molecule has 144 valence electrons. The number of amides is 1. The molecule has 27 heavy (non-hydrogen) atoms. The topological polar surface area (TPSA) is 50.2 Å². The van der Waals surface area contributed by atoms with E-state index in [1.807, 2.05) is 30.3 Å². The number of nitrogens with one attached hydrogen (secondary N) is 1. The average molecular weight is 387 g/mol. The summed E-state index contributed by atoms with van der Waals surface area (Å²) in [6, 6.07) is 10.1. The number of carbonyl (C=O) groups is 1. The average Bonchev–Trinajstić information content (AvgIpc) is 3.10. The van der Waals surface area contributed by atoms with E-state index in [2.05, 4.69) is 15.3 Å². The molecular weight excluding hydrogens is 360 g/mol. The van der Waals surface area contributed by atoms with Crippen molar-refractivity contribution >= 4 is 23.3 Å². The molecule has 1 aliphatic heterocycles. The lowest BCUT2D eigenvalue weighted by molar-refractivity contribution is -0.119. The van der Waals surface area contributed by atoms with Crippen molar-refractivity contribution in [1.82, 2.24) is 14.7 Å². The second-order valence-electron chi connectivity index (χ2n) is 7.74. The van der Waals surface area contributed by atoms with Crippen molar-refractivity contribution in [2.75, 3.05) is 18.4 Å². The van der Waals surface area contributed by atoms with Gasteiger partial charge in [0.2, 0.25) is 5.91 Å². The first kappa shape index (κ1) is 18.5.